The molecule has 0 radical (unpaired) electrons. The zero-order valence-electron chi connectivity index (χ0n) is 10.1. The fraction of sp³-hybridized carbons (Fsp3) is 0.571. The van der Waals surface area contributed by atoms with Crippen LogP contribution in [0.1, 0.15) is 30.7 Å². The van der Waals surface area contributed by atoms with E-state index in [1.165, 1.54) is 12.1 Å². The first-order chi connectivity index (χ1) is 8.69. The lowest BCUT2D eigenvalue weighted by Gasteiger charge is -2.39. The van der Waals surface area contributed by atoms with E-state index >= 15 is 0 Å². The number of hydrogen-bond acceptors (Lipinski definition) is 3. The van der Waals surface area contributed by atoms with Crippen LogP contribution in [0.3, 0.4) is 0 Å². The Morgan fingerprint density at radius 1 is 1.17 bits per heavy atom. The van der Waals surface area contributed by atoms with Crippen LogP contribution in [-0.4, -0.2) is 30.2 Å². The standard InChI is InChI=1S/C14H17FO3/c15-11-3-1-10(2-4-11)12-9-14(6-5-13(12)16)17-7-8-18-14/h1-4,12-13,16H,5-9H2/t12-,13-/m1/s1. The Labute approximate surface area is 106 Å². The number of benzene rings is 1. The number of hydrogen-bond donors (Lipinski definition) is 1. The van der Waals surface area contributed by atoms with Crippen molar-refractivity contribution in [2.75, 3.05) is 13.2 Å². The van der Waals surface area contributed by atoms with Gasteiger partial charge in [0.05, 0.1) is 19.3 Å². The highest BCUT2D eigenvalue weighted by Crippen LogP contribution is 2.43. The predicted octanol–water partition coefficient (Wildman–Crippen LogP) is 2.20. The molecule has 0 amide bonds. The molecule has 4 heteroatoms. The van der Waals surface area contributed by atoms with Gasteiger partial charge in [-0.1, -0.05) is 12.1 Å². The summed E-state index contributed by atoms with van der Waals surface area (Å²) in [4.78, 5) is 0. The first kappa shape index (κ1) is 12.1. The number of aliphatic hydroxyl groups excluding tert-OH is 1. The van der Waals surface area contributed by atoms with E-state index in [1.54, 1.807) is 12.1 Å². The molecule has 98 valence electrons. The van der Waals surface area contributed by atoms with Crippen molar-refractivity contribution < 1.29 is 19.0 Å². The van der Waals surface area contributed by atoms with Crippen LogP contribution in [0.4, 0.5) is 4.39 Å². The van der Waals surface area contributed by atoms with Gasteiger partial charge in [-0.2, -0.15) is 0 Å². The van der Waals surface area contributed by atoms with Crippen molar-refractivity contribution >= 4 is 0 Å². The van der Waals surface area contributed by atoms with Gasteiger partial charge < -0.3 is 14.6 Å². The molecule has 1 spiro atoms. The Bertz CT molecular complexity index is 412. The summed E-state index contributed by atoms with van der Waals surface area (Å²) in [6.07, 6.45) is 1.61. The van der Waals surface area contributed by atoms with E-state index in [2.05, 4.69) is 0 Å². The number of halogens is 1. The molecular weight excluding hydrogens is 235 g/mol. The molecule has 2 aliphatic rings. The van der Waals surface area contributed by atoms with Crippen LogP contribution in [0.2, 0.25) is 0 Å². The minimum Gasteiger partial charge on any atom is -0.392 e. The lowest BCUT2D eigenvalue weighted by Crippen LogP contribution is -2.41. The van der Waals surface area contributed by atoms with Crippen molar-refractivity contribution in [3.8, 4) is 0 Å². The molecule has 18 heavy (non-hydrogen) atoms. The third-order valence-electron chi connectivity index (χ3n) is 3.93. The second kappa shape index (κ2) is 4.61. The topological polar surface area (TPSA) is 38.7 Å². The van der Waals surface area contributed by atoms with Crippen molar-refractivity contribution in [1.82, 2.24) is 0 Å². The molecule has 1 saturated heterocycles. The first-order valence-electron chi connectivity index (χ1n) is 6.40. The smallest absolute Gasteiger partial charge is 0.169 e. The Morgan fingerprint density at radius 3 is 2.50 bits per heavy atom. The van der Waals surface area contributed by atoms with E-state index in [1.807, 2.05) is 0 Å². The molecule has 3 rings (SSSR count). The van der Waals surface area contributed by atoms with Gasteiger partial charge in [-0.3, -0.25) is 0 Å². The monoisotopic (exact) mass is 252 g/mol. The molecule has 1 aliphatic heterocycles. The maximum atomic E-state index is 12.9. The van der Waals surface area contributed by atoms with E-state index in [-0.39, 0.29) is 11.7 Å². The zero-order valence-corrected chi connectivity index (χ0v) is 10.1. The fourth-order valence-electron chi connectivity index (χ4n) is 2.95. The quantitative estimate of drug-likeness (QED) is 0.832. The molecule has 1 heterocycles. The van der Waals surface area contributed by atoms with Crippen LogP contribution in [0.25, 0.3) is 0 Å². The van der Waals surface area contributed by atoms with Crippen LogP contribution in [0.5, 0.6) is 0 Å². The van der Waals surface area contributed by atoms with Crippen LogP contribution >= 0.6 is 0 Å². The van der Waals surface area contributed by atoms with Crippen molar-refractivity contribution in [3.05, 3.63) is 35.6 Å². The lowest BCUT2D eigenvalue weighted by molar-refractivity contribution is -0.193. The zero-order chi connectivity index (χ0) is 12.6. The third-order valence-corrected chi connectivity index (χ3v) is 3.93. The third kappa shape index (κ3) is 2.16. The highest BCUT2D eigenvalue weighted by molar-refractivity contribution is 5.23. The molecule has 1 N–H and O–H groups in total. The summed E-state index contributed by atoms with van der Waals surface area (Å²) >= 11 is 0. The Kier molecular flexibility index (Phi) is 3.09. The Hall–Kier alpha value is -0.970. The summed E-state index contributed by atoms with van der Waals surface area (Å²) in [6, 6.07) is 6.33. The molecule has 2 atom stereocenters. The number of aliphatic hydroxyl groups is 1. The van der Waals surface area contributed by atoms with Gasteiger partial charge in [-0.15, -0.1) is 0 Å². The maximum Gasteiger partial charge on any atom is 0.169 e. The van der Waals surface area contributed by atoms with Crippen LogP contribution < -0.4 is 0 Å². The molecule has 3 nitrogen and oxygen atoms in total. The molecule has 1 aromatic rings. The molecule has 1 saturated carbocycles. The molecule has 0 bridgehead atoms. The lowest BCUT2D eigenvalue weighted by atomic mass is 9.78. The largest absolute Gasteiger partial charge is 0.392 e. The summed E-state index contributed by atoms with van der Waals surface area (Å²) in [5, 5.41) is 10.1. The van der Waals surface area contributed by atoms with Crippen molar-refractivity contribution in [1.29, 1.82) is 0 Å². The van der Waals surface area contributed by atoms with Gasteiger partial charge in [-0.25, -0.2) is 4.39 Å². The SMILES string of the molecule is O[C@@H]1CCC2(C[C@@H]1c1ccc(F)cc1)OCCO2. The summed E-state index contributed by atoms with van der Waals surface area (Å²) in [6.45, 7) is 1.23. The van der Waals surface area contributed by atoms with Crippen molar-refractivity contribution in [2.45, 2.75) is 37.1 Å². The summed E-state index contributed by atoms with van der Waals surface area (Å²) in [5.41, 5.74) is 0.946. The van der Waals surface area contributed by atoms with Crippen LogP contribution in [0.15, 0.2) is 24.3 Å². The van der Waals surface area contributed by atoms with E-state index in [9.17, 15) is 9.50 Å². The minimum atomic E-state index is -0.529. The predicted molar refractivity (Wildman–Crippen MR) is 63.6 cm³/mol. The fourth-order valence-corrected chi connectivity index (χ4v) is 2.95. The highest BCUT2D eigenvalue weighted by Gasteiger charge is 2.45. The van der Waals surface area contributed by atoms with Gasteiger partial charge in [0.25, 0.3) is 0 Å². The van der Waals surface area contributed by atoms with Gasteiger partial charge in [0.15, 0.2) is 5.79 Å². The van der Waals surface area contributed by atoms with Crippen LogP contribution in [-0.2, 0) is 9.47 Å². The van der Waals surface area contributed by atoms with Gasteiger partial charge in [-0.05, 0) is 24.1 Å². The van der Waals surface area contributed by atoms with Gasteiger partial charge >= 0.3 is 0 Å². The molecule has 2 fully saturated rings. The van der Waals surface area contributed by atoms with Gasteiger partial charge in [0, 0.05) is 18.8 Å². The van der Waals surface area contributed by atoms with E-state index in [0.717, 1.165) is 12.0 Å². The Balaban J connectivity index is 1.82. The maximum absolute atomic E-state index is 12.9. The number of ether oxygens (including phenoxy) is 2. The molecule has 1 aliphatic carbocycles. The van der Waals surface area contributed by atoms with E-state index < -0.39 is 11.9 Å². The summed E-state index contributed by atoms with van der Waals surface area (Å²) < 4.78 is 24.3. The van der Waals surface area contributed by atoms with E-state index in [4.69, 9.17) is 9.47 Å². The van der Waals surface area contributed by atoms with Crippen LogP contribution in [0, 0.1) is 5.82 Å². The molecular formula is C14H17FO3. The average molecular weight is 252 g/mol. The Morgan fingerprint density at radius 2 is 1.83 bits per heavy atom. The molecule has 0 aromatic heterocycles. The molecule has 1 aromatic carbocycles. The average Bonchev–Trinajstić information content (AvgIpc) is 2.82. The van der Waals surface area contributed by atoms with Gasteiger partial charge in [0.2, 0.25) is 0 Å². The summed E-state index contributed by atoms with van der Waals surface area (Å²) in [7, 11) is 0. The normalized spacial score (nSPS) is 30.8. The minimum absolute atomic E-state index is 0.0440. The summed E-state index contributed by atoms with van der Waals surface area (Å²) in [5.74, 6) is -0.831. The molecule has 0 unspecified atom stereocenters. The van der Waals surface area contributed by atoms with Gasteiger partial charge in [0.1, 0.15) is 5.82 Å². The van der Waals surface area contributed by atoms with Crippen molar-refractivity contribution in [2.24, 2.45) is 0 Å². The highest BCUT2D eigenvalue weighted by atomic mass is 19.1. The second-order valence-corrected chi connectivity index (χ2v) is 5.08. The van der Waals surface area contributed by atoms with E-state index in [0.29, 0.717) is 26.1 Å². The van der Waals surface area contributed by atoms with Crippen molar-refractivity contribution in [3.63, 3.8) is 0 Å². The second-order valence-electron chi connectivity index (χ2n) is 5.08. The first-order valence-corrected chi connectivity index (χ1v) is 6.40. The number of rotatable bonds is 1.